The monoisotopic (exact) mass is 268 g/mol. The summed E-state index contributed by atoms with van der Waals surface area (Å²) >= 11 is 6.20. The van der Waals surface area contributed by atoms with Crippen LogP contribution in [0.5, 0.6) is 0 Å². The highest BCUT2D eigenvalue weighted by atomic mass is 35.5. The average Bonchev–Trinajstić information content (AvgIpc) is 2.42. The fourth-order valence-corrected chi connectivity index (χ4v) is 2.89. The molecule has 0 saturated heterocycles. The predicted octanol–water partition coefficient (Wildman–Crippen LogP) is 3.04. The third-order valence-corrected chi connectivity index (χ3v) is 4.13. The van der Waals surface area contributed by atoms with Crippen LogP contribution >= 0.6 is 11.6 Å². The molecule has 1 aromatic carbocycles. The van der Waals surface area contributed by atoms with Gasteiger partial charge in [-0.1, -0.05) is 23.7 Å². The number of rotatable bonds is 4. The van der Waals surface area contributed by atoms with E-state index >= 15 is 0 Å². The third-order valence-electron chi connectivity index (χ3n) is 3.80. The van der Waals surface area contributed by atoms with Crippen molar-refractivity contribution in [2.24, 2.45) is 5.73 Å². The van der Waals surface area contributed by atoms with Crippen molar-refractivity contribution in [3.63, 3.8) is 0 Å². The summed E-state index contributed by atoms with van der Waals surface area (Å²) in [5.41, 5.74) is 6.86. The SMILES string of the molecule is COC1CCCC(CN)(Nc2ccccc2Cl)C1. The van der Waals surface area contributed by atoms with E-state index in [0.29, 0.717) is 6.54 Å². The van der Waals surface area contributed by atoms with Gasteiger partial charge in [0.25, 0.3) is 0 Å². The van der Waals surface area contributed by atoms with Crippen molar-refractivity contribution in [1.29, 1.82) is 0 Å². The van der Waals surface area contributed by atoms with Gasteiger partial charge in [0.15, 0.2) is 0 Å². The largest absolute Gasteiger partial charge is 0.381 e. The molecule has 0 amide bonds. The molecule has 0 bridgehead atoms. The molecule has 4 heteroatoms. The minimum Gasteiger partial charge on any atom is -0.381 e. The molecule has 1 aromatic rings. The van der Waals surface area contributed by atoms with E-state index in [2.05, 4.69) is 5.32 Å². The van der Waals surface area contributed by atoms with E-state index in [1.807, 2.05) is 24.3 Å². The summed E-state index contributed by atoms with van der Waals surface area (Å²) in [7, 11) is 1.77. The van der Waals surface area contributed by atoms with E-state index in [4.69, 9.17) is 22.1 Å². The van der Waals surface area contributed by atoms with E-state index < -0.39 is 0 Å². The molecule has 0 aromatic heterocycles. The highest BCUT2D eigenvalue weighted by Crippen LogP contribution is 2.34. The number of hydrogen-bond acceptors (Lipinski definition) is 3. The molecule has 100 valence electrons. The van der Waals surface area contributed by atoms with Gasteiger partial charge in [-0.2, -0.15) is 0 Å². The molecular weight excluding hydrogens is 248 g/mol. The predicted molar refractivity (Wildman–Crippen MR) is 76.1 cm³/mol. The molecule has 1 fully saturated rings. The van der Waals surface area contributed by atoms with Crippen molar-refractivity contribution in [2.45, 2.75) is 37.3 Å². The van der Waals surface area contributed by atoms with Crippen LogP contribution in [0.1, 0.15) is 25.7 Å². The van der Waals surface area contributed by atoms with Crippen molar-refractivity contribution >= 4 is 17.3 Å². The molecule has 0 radical (unpaired) electrons. The Kier molecular flexibility index (Phi) is 4.49. The number of halogens is 1. The number of methoxy groups -OCH3 is 1. The van der Waals surface area contributed by atoms with E-state index in [0.717, 1.165) is 36.4 Å². The van der Waals surface area contributed by atoms with Crippen molar-refractivity contribution < 1.29 is 4.74 Å². The van der Waals surface area contributed by atoms with Gasteiger partial charge in [0.2, 0.25) is 0 Å². The first kappa shape index (κ1) is 13.7. The Morgan fingerprint density at radius 2 is 2.28 bits per heavy atom. The Balaban J connectivity index is 2.15. The van der Waals surface area contributed by atoms with Crippen LogP contribution in [0, 0.1) is 0 Å². The van der Waals surface area contributed by atoms with E-state index in [9.17, 15) is 0 Å². The van der Waals surface area contributed by atoms with Gasteiger partial charge in [-0.3, -0.25) is 0 Å². The quantitative estimate of drug-likeness (QED) is 0.882. The molecule has 0 spiro atoms. The molecule has 1 aliphatic carbocycles. The summed E-state index contributed by atoms with van der Waals surface area (Å²) in [6.45, 7) is 0.595. The van der Waals surface area contributed by atoms with Crippen LogP contribution in [0.15, 0.2) is 24.3 Å². The Bertz CT molecular complexity index is 399. The van der Waals surface area contributed by atoms with Crippen molar-refractivity contribution in [3.8, 4) is 0 Å². The zero-order valence-electron chi connectivity index (χ0n) is 10.8. The summed E-state index contributed by atoms with van der Waals surface area (Å²) in [5.74, 6) is 0. The number of nitrogens with one attached hydrogen (secondary N) is 1. The van der Waals surface area contributed by atoms with Crippen molar-refractivity contribution in [1.82, 2.24) is 0 Å². The second-order valence-corrected chi connectivity index (χ2v) is 5.45. The Morgan fingerprint density at radius 1 is 1.50 bits per heavy atom. The Hall–Kier alpha value is -0.770. The summed E-state index contributed by atoms with van der Waals surface area (Å²) in [6.07, 6.45) is 4.53. The highest BCUT2D eigenvalue weighted by molar-refractivity contribution is 6.33. The summed E-state index contributed by atoms with van der Waals surface area (Å²) in [4.78, 5) is 0. The Morgan fingerprint density at radius 3 is 2.94 bits per heavy atom. The summed E-state index contributed by atoms with van der Waals surface area (Å²) < 4.78 is 5.49. The number of nitrogens with two attached hydrogens (primary N) is 1. The van der Waals surface area contributed by atoms with Gasteiger partial charge in [-0.15, -0.1) is 0 Å². The number of anilines is 1. The summed E-state index contributed by atoms with van der Waals surface area (Å²) in [6, 6.07) is 7.80. The molecule has 1 saturated carbocycles. The molecule has 0 heterocycles. The minimum absolute atomic E-state index is 0.0933. The first-order valence-electron chi connectivity index (χ1n) is 6.45. The van der Waals surface area contributed by atoms with Gasteiger partial charge in [0, 0.05) is 13.7 Å². The average molecular weight is 269 g/mol. The lowest BCUT2D eigenvalue weighted by Gasteiger charge is -2.41. The van der Waals surface area contributed by atoms with Crippen LogP contribution in [0.25, 0.3) is 0 Å². The molecule has 3 nitrogen and oxygen atoms in total. The first-order valence-corrected chi connectivity index (χ1v) is 6.82. The topological polar surface area (TPSA) is 47.3 Å². The van der Waals surface area contributed by atoms with E-state index in [1.54, 1.807) is 7.11 Å². The lowest BCUT2D eigenvalue weighted by atomic mass is 9.80. The highest BCUT2D eigenvalue weighted by Gasteiger charge is 2.35. The van der Waals surface area contributed by atoms with Gasteiger partial charge in [-0.25, -0.2) is 0 Å². The number of hydrogen-bond donors (Lipinski definition) is 2. The molecule has 1 aliphatic rings. The maximum atomic E-state index is 6.20. The summed E-state index contributed by atoms with van der Waals surface area (Å²) in [5, 5.41) is 4.28. The van der Waals surface area contributed by atoms with Crippen LogP contribution in [0.2, 0.25) is 5.02 Å². The third kappa shape index (κ3) is 2.97. The normalized spacial score (nSPS) is 28.1. The van der Waals surface area contributed by atoms with Crippen LogP contribution in [-0.4, -0.2) is 25.3 Å². The smallest absolute Gasteiger partial charge is 0.0637 e. The van der Waals surface area contributed by atoms with Gasteiger partial charge in [0.1, 0.15) is 0 Å². The van der Waals surface area contributed by atoms with E-state index in [-0.39, 0.29) is 11.6 Å². The van der Waals surface area contributed by atoms with Gasteiger partial charge in [-0.05, 0) is 37.8 Å². The van der Waals surface area contributed by atoms with Crippen LogP contribution < -0.4 is 11.1 Å². The molecule has 2 rings (SSSR count). The Labute approximate surface area is 114 Å². The second kappa shape index (κ2) is 5.91. The van der Waals surface area contributed by atoms with Crippen LogP contribution in [0.3, 0.4) is 0 Å². The van der Waals surface area contributed by atoms with Gasteiger partial charge < -0.3 is 15.8 Å². The maximum absolute atomic E-state index is 6.20. The lowest BCUT2D eigenvalue weighted by Crippen LogP contribution is -2.50. The zero-order chi connectivity index (χ0) is 13.0. The fraction of sp³-hybridized carbons (Fsp3) is 0.571. The molecule has 2 unspecified atom stereocenters. The second-order valence-electron chi connectivity index (χ2n) is 5.04. The molecule has 0 aliphatic heterocycles. The van der Waals surface area contributed by atoms with Crippen LogP contribution in [0.4, 0.5) is 5.69 Å². The van der Waals surface area contributed by atoms with E-state index in [1.165, 1.54) is 0 Å². The van der Waals surface area contributed by atoms with Crippen molar-refractivity contribution in [3.05, 3.63) is 29.3 Å². The molecule has 2 atom stereocenters. The number of benzene rings is 1. The minimum atomic E-state index is -0.0933. The molecule has 18 heavy (non-hydrogen) atoms. The van der Waals surface area contributed by atoms with Gasteiger partial charge in [0.05, 0.1) is 22.4 Å². The first-order chi connectivity index (χ1) is 8.69. The number of para-hydroxylation sites is 1. The number of ether oxygens (including phenoxy) is 1. The molecule has 3 N–H and O–H groups in total. The lowest BCUT2D eigenvalue weighted by molar-refractivity contribution is 0.0483. The zero-order valence-corrected chi connectivity index (χ0v) is 11.5. The van der Waals surface area contributed by atoms with Crippen LogP contribution in [-0.2, 0) is 4.74 Å². The van der Waals surface area contributed by atoms with Crippen molar-refractivity contribution in [2.75, 3.05) is 19.0 Å². The fourth-order valence-electron chi connectivity index (χ4n) is 2.71. The maximum Gasteiger partial charge on any atom is 0.0637 e. The van der Waals surface area contributed by atoms with Gasteiger partial charge >= 0.3 is 0 Å². The molecular formula is C14H21ClN2O. The standard InChI is InChI=1S/C14H21ClN2O/c1-18-11-5-4-8-14(9-11,10-16)17-13-7-3-2-6-12(13)15/h2-3,6-7,11,17H,4-5,8-10,16H2,1H3.